The first-order valence-electron chi connectivity index (χ1n) is 14.9. The maximum Gasteiger partial charge on any atom is 0.322 e. The van der Waals surface area contributed by atoms with Gasteiger partial charge in [-0.1, -0.05) is 78.9 Å². The molecular formula is C37H33BrN4O4. The zero-order valence-corrected chi connectivity index (χ0v) is 27.3. The topological polar surface area (TPSA) is 85.7 Å². The Labute approximate surface area is 275 Å². The molecule has 1 aromatic heterocycles. The van der Waals surface area contributed by atoms with Crippen LogP contribution in [0.5, 0.6) is 11.5 Å². The minimum absolute atomic E-state index is 0.277. The monoisotopic (exact) mass is 676 g/mol. The zero-order chi connectivity index (χ0) is 32.2. The number of nitrogens with one attached hydrogen (secondary N) is 1. The van der Waals surface area contributed by atoms with E-state index in [0.717, 1.165) is 16.3 Å². The van der Waals surface area contributed by atoms with Crippen LogP contribution in [0.1, 0.15) is 24.4 Å². The standard InChI is InChI=1S/C37H33BrN4O4/c1-24(35-39-31-18-10-9-17-29(31)36(43)42(35)32-22-27(45-2)23-33(46-3)34(32)38)41(21-20-25-12-5-4-6-13-25)37(44)40-30-19-11-15-26-14-7-8-16-28(26)30/h4-19,22-24H,20-21H2,1-3H3,(H,40,44). The van der Waals surface area contributed by atoms with Crippen LogP contribution in [-0.2, 0) is 6.42 Å². The molecule has 5 aromatic carbocycles. The summed E-state index contributed by atoms with van der Waals surface area (Å²) in [6.07, 6.45) is 0.600. The van der Waals surface area contributed by atoms with E-state index in [-0.39, 0.29) is 11.6 Å². The first-order chi connectivity index (χ1) is 22.4. The van der Waals surface area contributed by atoms with Crippen LogP contribution in [0.4, 0.5) is 10.5 Å². The van der Waals surface area contributed by atoms with Gasteiger partial charge in [-0.2, -0.15) is 0 Å². The predicted molar refractivity (Wildman–Crippen MR) is 186 cm³/mol. The summed E-state index contributed by atoms with van der Waals surface area (Å²) in [5.74, 6) is 1.38. The van der Waals surface area contributed by atoms with Crippen molar-refractivity contribution in [1.82, 2.24) is 14.5 Å². The molecule has 0 saturated heterocycles. The minimum Gasteiger partial charge on any atom is -0.497 e. The number of aromatic nitrogens is 2. The van der Waals surface area contributed by atoms with Gasteiger partial charge in [-0.25, -0.2) is 9.78 Å². The van der Waals surface area contributed by atoms with Gasteiger partial charge in [-0.3, -0.25) is 9.36 Å². The molecule has 0 aliphatic carbocycles. The van der Waals surface area contributed by atoms with Crippen molar-refractivity contribution in [1.29, 1.82) is 0 Å². The number of nitrogens with zero attached hydrogens (tertiary/aromatic N) is 3. The molecule has 1 unspecified atom stereocenters. The minimum atomic E-state index is -0.639. The van der Waals surface area contributed by atoms with E-state index in [1.165, 1.54) is 0 Å². The Bertz CT molecular complexity index is 2090. The molecule has 6 rings (SSSR count). The predicted octanol–water partition coefficient (Wildman–Crippen LogP) is 8.16. The van der Waals surface area contributed by atoms with E-state index in [1.54, 1.807) is 41.9 Å². The second-order valence-electron chi connectivity index (χ2n) is 10.9. The molecule has 0 aliphatic rings. The highest BCUT2D eigenvalue weighted by Gasteiger charge is 2.29. The van der Waals surface area contributed by atoms with Crippen molar-refractivity contribution in [2.45, 2.75) is 19.4 Å². The van der Waals surface area contributed by atoms with E-state index in [2.05, 4.69) is 21.2 Å². The Morgan fingerprint density at radius 1 is 0.891 bits per heavy atom. The fourth-order valence-corrected chi connectivity index (χ4v) is 6.24. The lowest BCUT2D eigenvalue weighted by Gasteiger charge is -2.31. The summed E-state index contributed by atoms with van der Waals surface area (Å²) in [6.45, 7) is 2.26. The number of fused-ring (bicyclic) bond motifs is 2. The highest BCUT2D eigenvalue weighted by atomic mass is 79.9. The van der Waals surface area contributed by atoms with E-state index in [9.17, 15) is 9.59 Å². The van der Waals surface area contributed by atoms with E-state index in [4.69, 9.17) is 14.5 Å². The molecule has 8 nitrogen and oxygen atoms in total. The summed E-state index contributed by atoms with van der Waals surface area (Å²) < 4.78 is 13.3. The second-order valence-corrected chi connectivity index (χ2v) is 11.6. The average Bonchev–Trinajstić information content (AvgIpc) is 3.09. The number of hydrogen-bond acceptors (Lipinski definition) is 5. The number of benzene rings is 5. The van der Waals surface area contributed by atoms with Crippen LogP contribution in [-0.4, -0.2) is 41.2 Å². The first-order valence-corrected chi connectivity index (χ1v) is 15.7. The van der Waals surface area contributed by atoms with E-state index in [1.807, 2.05) is 97.9 Å². The average molecular weight is 678 g/mol. The van der Waals surface area contributed by atoms with Crippen LogP contribution in [0.15, 0.2) is 118 Å². The summed E-state index contributed by atoms with van der Waals surface area (Å²) in [4.78, 5) is 35.4. The normalized spacial score (nSPS) is 11.7. The van der Waals surface area contributed by atoms with E-state index < -0.39 is 6.04 Å². The number of ether oxygens (including phenoxy) is 2. The summed E-state index contributed by atoms with van der Waals surface area (Å²) >= 11 is 3.66. The third kappa shape index (κ3) is 6.06. The number of hydrogen-bond donors (Lipinski definition) is 1. The Morgan fingerprint density at radius 2 is 1.59 bits per heavy atom. The highest BCUT2D eigenvalue weighted by Crippen LogP contribution is 2.37. The fraction of sp³-hybridized carbons (Fsp3) is 0.162. The molecule has 232 valence electrons. The molecule has 0 fully saturated rings. The molecule has 1 atom stereocenters. The van der Waals surface area contributed by atoms with Gasteiger partial charge in [-0.15, -0.1) is 0 Å². The lowest BCUT2D eigenvalue weighted by Crippen LogP contribution is -2.41. The number of urea groups is 1. The summed E-state index contributed by atoms with van der Waals surface area (Å²) in [6, 6.07) is 33.5. The number of methoxy groups -OCH3 is 2. The van der Waals surface area contributed by atoms with Crippen molar-refractivity contribution in [2.75, 3.05) is 26.1 Å². The zero-order valence-electron chi connectivity index (χ0n) is 25.7. The molecular weight excluding hydrogens is 644 g/mol. The Balaban J connectivity index is 1.51. The third-order valence-electron chi connectivity index (χ3n) is 8.11. The molecule has 0 spiro atoms. The van der Waals surface area contributed by atoms with Gasteiger partial charge in [-0.05, 0) is 58.4 Å². The van der Waals surface area contributed by atoms with Gasteiger partial charge in [0.1, 0.15) is 17.3 Å². The number of para-hydroxylation sites is 1. The lowest BCUT2D eigenvalue weighted by molar-refractivity contribution is 0.190. The van der Waals surface area contributed by atoms with Crippen LogP contribution in [0, 0.1) is 0 Å². The SMILES string of the molecule is COc1cc(OC)c(Br)c(-n2c(C(C)N(CCc3ccccc3)C(=O)Nc3cccc4ccccc34)nc3ccccc3c2=O)c1. The summed E-state index contributed by atoms with van der Waals surface area (Å²) in [5.41, 5.74) is 2.53. The van der Waals surface area contributed by atoms with Crippen molar-refractivity contribution >= 4 is 49.3 Å². The number of carbonyl (C=O) groups is 1. The van der Waals surface area contributed by atoms with Crippen LogP contribution < -0.4 is 20.3 Å². The van der Waals surface area contributed by atoms with Crippen molar-refractivity contribution in [3.63, 3.8) is 0 Å². The Hall–Kier alpha value is -5.15. The summed E-state index contributed by atoms with van der Waals surface area (Å²) in [7, 11) is 3.11. The maximum absolute atomic E-state index is 14.3. The highest BCUT2D eigenvalue weighted by molar-refractivity contribution is 9.10. The molecule has 0 aliphatic heterocycles. The molecule has 0 bridgehead atoms. The van der Waals surface area contributed by atoms with Crippen molar-refractivity contribution < 1.29 is 14.3 Å². The first kappa shape index (κ1) is 30.9. The molecule has 1 heterocycles. The molecule has 0 radical (unpaired) electrons. The lowest BCUT2D eigenvalue weighted by atomic mass is 10.1. The van der Waals surface area contributed by atoms with Gasteiger partial charge in [0.2, 0.25) is 0 Å². The van der Waals surface area contributed by atoms with Crippen LogP contribution in [0.25, 0.3) is 27.4 Å². The van der Waals surface area contributed by atoms with Gasteiger partial charge in [0, 0.05) is 24.1 Å². The molecule has 46 heavy (non-hydrogen) atoms. The van der Waals surface area contributed by atoms with E-state index >= 15 is 0 Å². The maximum atomic E-state index is 14.3. The smallest absolute Gasteiger partial charge is 0.322 e. The van der Waals surface area contributed by atoms with E-state index in [0.29, 0.717) is 57.0 Å². The van der Waals surface area contributed by atoms with Crippen molar-refractivity contribution in [3.8, 4) is 17.2 Å². The van der Waals surface area contributed by atoms with Crippen LogP contribution in [0.3, 0.4) is 0 Å². The Morgan fingerprint density at radius 3 is 2.35 bits per heavy atom. The molecule has 9 heteroatoms. The van der Waals surface area contributed by atoms with Crippen LogP contribution >= 0.6 is 15.9 Å². The van der Waals surface area contributed by atoms with Gasteiger partial charge in [0.15, 0.2) is 0 Å². The third-order valence-corrected chi connectivity index (χ3v) is 8.91. The molecule has 2 amide bonds. The molecule has 6 aromatic rings. The largest absolute Gasteiger partial charge is 0.497 e. The number of carbonyl (C=O) groups excluding carboxylic acids is 1. The van der Waals surface area contributed by atoms with Gasteiger partial charge < -0.3 is 19.7 Å². The van der Waals surface area contributed by atoms with Gasteiger partial charge in [0.25, 0.3) is 5.56 Å². The van der Waals surface area contributed by atoms with Gasteiger partial charge >= 0.3 is 6.03 Å². The molecule has 0 saturated carbocycles. The van der Waals surface area contributed by atoms with Crippen molar-refractivity contribution in [2.24, 2.45) is 0 Å². The summed E-state index contributed by atoms with van der Waals surface area (Å²) in [5, 5.41) is 5.55. The Kier molecular flexibility index (Phi) is 9.03. The number of rotatable bonds is 9. The number of anilines is 1. The van der Waals surface area contributed by atoms with Gasteiger partial charge in [0.05, 0.1) is 47.0 Å². The second kappa shape index (κ2) is 13.5. The fourth-order valence-electron chi connectivity index (χ4n) is 5.68. The van der Waals surface area contributed by atoms with Crippen molar-refractivity contribution in [3.05, 3.63) is 135 Å². The van der Waals surface area contributed by atoms with Crippen LogP contribution in [0.2, 0.25) is 0 Å². The number of halogens is 1. The number of amides is 2. The quantitative estimate of drug-likeness (QED) is 0.167. The molecule has 1 N–H and O–H groups in total.